The van der Waals surface area contributed by atoms with Crippen LogP contribution < -0.4 is 0 Å². The van der Waals surface area contributed by atoms with Gasteiger partial charge >= 0.3 is 0 Å². The zero-order valence-electron chi connectivity index (χ0n) is 15.5. The van der Waals surface area contributed by atoms with Crippen LogP contribution in [0.25, 0.3) is 0 Å². The lowest BCUT2D eigenvalue weighted by Gasteiger charge is -2.40. The molecule has 0 saturated heterocycles. The van der Waals surface area contributed by atoms with E-state index in [1.807, 2.05) is 0 Å². The van der Waals surface area contributed by atoms with Crippen LogP contribution in [0.3, 0.4) is 0 Å². The van der Waals surface area contributed by atoms with Crippen LogP contribution in [-0.4, -0.2) is 0 Å². The van der Waals surface area contributed by atoms with E-state index in [0.717, 1.165) is 49.9 Å². The molecule has 2 aliphatic carbocycles. The zero-order chi connectivity index (χ0) is 16.5. The van der Waals surface area contributed by atoms with E-state index in [-0.39, 0.29) is 5.41 Å². The summed E-state index contributed by atoms with van der Waals surface area (Å²) in [4.78, 5) is 0. The fourth-order valence-corrected chi connectivity index (χ4v) is 5.08. The van der Waals surface area contributed by atoms with Crippen LogP contribution in [0.5, 0.6) is 0 Å². The molecule has 130 valence electrons. The van der Waals surface area contributed by atoms with Gasteiger partial charge in [0.1, 0.15) is 0 Å². The predicted molar refractivity (Wildman–Crippen MR) is 99.0 cm³/mol. The lowest BCUT2D eigenvalue weighted by atomic mass is 9.63. The smallest absolute Gasteiger partial charge is 0.0689 e. The Balaban J connectivity index is 1.76. The lowest BCUT2D eigenvalue weighted by Crippen LogP contribution is -2.31. The second kappa shape index (κ2) is 9.51. The summed E-state index contributed by atoms with van der Waals surface area (Å²) >= 11 is 0. The number of allylic oxidation sites excluding steroid dienone is 2. The molecule has 0 unspecified atom stereocenters. The molecule has 0 aromatic rings. The average Bonchev–Trinajstić information content (AvgIpc) is 2.60. The average molecular weight is 316 g/mol. The minimum absolute atomic E-state index is 0.00596. The normalized spacial score (nSPS) is 35.3. The van der Waals surface area contributed by atoms with Crippen molar-refractivity contribution in [3.8, 4) is 6.07 Å². The summed E-state index contributed by atoms with van der Waals surface area (Å²) in [5.74, 6) is 2.91. The number of nitrogens with zero attached hydrogens (tertiary/aromatic N) is 1. The van der Waals surface area contributed by atoms with Gasteiger partial charge in [-0.1, -0.05) is 51.7 Å². The summed E-state index contributed by atoms with van der Waals surface area (Å²) in [6.07, 6.45) is 21.4. The third kappa shape index (κ3) is 5.37. The van der Waals surface area contributed by atoms with E-state index in [2.05, 4.69) is 32.1 Å². The van der Waals surface area contributed by atoms with Gasteiger partial charge in [0.2, 0.25) is 0 Å². The van der Waals surface area contributed by atoms with Crippen LogP contribution in [0, 0.1) is 34.5 Å². The highest BCUT2D eigenvalue weighted by Crippen LogP contribution is 2.47. The first-order valence-corrected chi connectivity index (χ1v) is 10.3. The molecule has 0 atom stereocenters. The van der Waals surface area contributed by atoms with E-state index in [1.165, 1.54) is 51.4 Å². The first kappa shape index (κ1) is 18.6. The maximum absolute atomic E-state index is 9.71. The molecule has 2 rings (SSSR count). The minimum atomic E-state index is -0.00596. The summed E-state index contributed by atoms with van der Waals surface area (Å²) in [5, 5.41) is 9.71. The topological polar surface area (TPSA) is 23.8 Å². The summed E-state index contributed by atoms with van der Waals surface area (Å²) < 4.78 is 0. The van der Waals surface area contributed by atoms with Gasteiger partial charge in [0.25, 0.3) is 0 Å². The molecule has 2 aliphatic rings. The van der Waals surface area contributed by atoms with Crippen LogP contribution in [0.1, 0.15) is 97.3 Å². The number of hydrogen-bond donors (Lipinski definition) is 0. The molecule has 1 heteroatoms. The standard InChI is InChI=1S/C22H37N/c1-3-5-6-7-15-22(18-23)16-13-21(14-17-22)20-11-9-19(8-4-2)10-12-20/h5-6,19-21H,3-4,7-17H2,1-2H3/b6-5+. The molecule has 0 N–H and O–H groups in total. The SMILES string of the molecule is CC/C=C/CCC1(C#N)CCC(C2CCC(CCC)CC2)CC1. The van der Waals surface area contributed by atoms with Gasteiger partial charge in [-0.2, -0.15) is 5.26 Å². The van der Waals surface area contributed by atoms with Crippen molar-refractivity contribution < 1.29 is 0 Å². The van der Waals surface area contributed by atoms with Gasteiger partial charge in [0.05, 0.1) is 11.5 Å². The van der Waals surface area contributed by atoms with Crippen molar-refractivity contribution in [1.82, 2.24) is 0 Å². The van der Waals surface area contributed by atoms with Crippen molar-refractivity contribution in [2.75, 3.05) is 0 Å². The van der Waals surface area contributed by atoms with Crippen LogP contribution in [0.2, 0.25) is 0 Å². The van der Waals surface area contributed by atoms with Crippen molar-refractivity contribution in [2.45, 2.75) is 97.3 Å². The lowest BCUT2D eigenvalue weighted by molar-refractivity contribution is 0.117. The molecular weight excluding hydrogens is 278 g/mol. The van der Waals surface area contributed by atoms with Gasteiger partial charge < -0.3 is 0 Å². The Morgan fingerprint density at radius 1 is 0.957 bits per heavy atom. The maximum Gasteiger partial charge on any atom is 0.0689 e. The Morgan fingerprint density at radius 3 is 2.17 bits per heavy atom. The van der Waals surface area contributed by atoms with Crippen LogP contribution in [0.4, 0.5) is 0 Å². The molecule has 0 aromatic heterocycles. The Labute approximate surface area is 144 Å². The second-order valence-electron chi connectivity index (χ2n) is 8.22. The fraction of sp³-hybridized carbons (Fsp3) is 0.864. The molecule has 0 amide bonds. The molecule has 2 saturated carbocycles. The highest BCUT2D eigenvalue weighted by atomic mass is 14.4. The third-order valence-corrected chi connectivity index (χ3v) is 6.67. The monoisotopic (exact) mass is 315 g/mol. The number of hydrogen-bond acceptors (Lipinski definition) is 1. The summed E-state index contributed by atoms with van der Waals surface area (Å²) in [6, 6.07) is 2.71. The molecule has 0 spiro atoms. The van der Waals surface area contributed by atoms with E-state index in [0.29, 0.717) is 0 Å². The quantitative estimate of drug-likeness (QED) is 0.462. The Morgan fingerprint density at radius 2 is 1.61 bits per heavy atom. The van der Waals surface area contributed by atoms with Crippen LogP contribution in [0.15, 0.2) is 12.2 Å². The molecule has 0 aromatic carbocycles. The first-order chi connectivity index (χ1) is 11.2. The van der Waals surface area contributed by atoms with E-state index < -0.39 is 0 Å². The summed E-state index contributed by atoms with van der Waals surface area (Å²) in [7, 11) is 0. The zero-order valence-corrected chi connectivity index (χ0v) is 15.5. The van der Waals surface area contributed by atoms with Gasteiger partial charge in [-0.05, 0) is 75.5 Å². The molecule has 1 nitrogen and oxygen atoms in total. The molecule has 0 radical (unpaired) electrons. The van der Waals surface area contributed by atoms with Gasteiger partial charge in [-0.25, -0.2) is 0 Å². The third-order valence-electron chi connectivity index (χ3n) is 6.67. The van der Waals surface area contributed by atoms with E-state index >= 15 is 0 Å². The highest BCUT2D eigenvalue weighted by Gasteiger charge is 2.38. The number of rotatable bonds is 7. The summed E-state index contributed by atoms with van der Waals surface area (Å²) in [6.45, 7) is 4.50. The van der Waals surface area contributed by atoms with Crippen molar-refractivity contribution in [3.63, 3.8) is 0 Å². The van der Waals surface area contributed by atoms with Gasteiger partial charge in [0, 0.05) is 0 Å². The summed E-state index contributed by atoms with van der Waals surface area (Å²) in [5.41, 5.74) is -0.00596. The number of nitriles is 1. The van der Waals surface area contributed by atoms with Gasteiger partial charge in [-0.15, -0.1) is 0 Å². The molecular formula is C22H37N. The predicted octanol–water partition coefficient (Wildman–Crippen LogP) is 7.04. The Hall–Kier alpha value is -0.770. The largest absolute Gasteiger partial charge is 0.198 e. The van der Waals surface area contributed by atoms with E-state index in [9.17, 15) is 5.26 Å². The Kier molecular flexibility index (Phi) is 7.68. The fourth-order valence-electron chi connectivity index (χ4n) is 5.08. The van der Waals surface area contributed by atoms with Crippen LogP contribution in [-0.2, 0) is 0 Å². The highest BCUT2D eigenvalue weighted by molar-refractivity contribution is 5.03. The second-order valence-corrected chi connectivity index (χ2v) is 8.22. The molecule has 0 heterocycles. The molecule has 2 fully saturated rings. The van der Waals surface area contributed by atoms with Gasteiger partial charge in [0.15, 0.2) is 0 Å². The first-order valence-electron chi connectivity index (χ1n) is 10.3. The van der Waals surface area contributed by atoms with Crippen molar-refractivity contribution in [2.24, 2.45) is 23.2 Å². The molecule has 23 heavy (non-hydrogen) atoms. The van der Waals surface area contributed by atoms with Crippen molar-refractivity contribution >= 4 is 0 Å². The molecule has 0 bridgehead atoms. The molecule has 0 aliphatic heterocycles. The maximum atomic E-state index is 9.71. The van der Waals surface area contributed by atoms with Crippen molar-refractivity contribution in [1.29, 1.82) is 5.26 Å². The van der Waals surface area contributed by atoms with Gasteiger partial charge in [-0.3, -0.25) is 0 Å². The van der Waals surface area contributed by atoms with E-state index in [4.69, 9.17) is 0 Å². The van der Waals surface area contributed by atoms with Crippen molar-refractivity contribution in [3.05, 3.63) is 12.2 Å². The van der Waals surface area contributed by atoms with Crippen LogP contribution >= 0.6 is 0 Å². The van der Waals surface area contributed by atoms with E-state index in [1.54, 1.807) is 0 Å². The minimum Gasteiger partial charge on any atom is -0.198 e. The Bertz CT molecular complexity index is 387.